The Bertz CT molecular complexity index is 319. The largest absolute Gasteiger partial charge is 0.299 e. The van der Waals surface area contributed by atoms with E-state index in [1.807, 2.05) is 6.07 Å². The van der Waals surface area contributed by atoms with Crippen LogP contribution in [0.3, 0.4) is 0 Å². The van der Waals surface area contributed by atoms with Crippen molar-refractivity contribution in [2.45, 2.75) is 33.1 Å². The summed E-state index contributed by atoms with van der Waals surface area (Å²) in [5.41, 5.74) is 1.33. The molecule has 0 N–H and O–H groups in total. The van der Waals surface area contributed by atoms with E-state index < -0.39 is 0 Å². The average molecular weight is 250 g/mol. The molecule has 94 valence electrons. The minimum Gasteiger partial charge on any atom is -0.299 e. The van der Waals surface area contributed by atoms with Crippen molar-refractivity contribution in [1.29, 1.82) is 0 Å². The van der Waals surface area contributed by atoms with Crippen molar-refractivity contribution in [3.8, 4) is 0 Å². The van der Waals surface area contributed by atoms with Gasteiger partial charge in [-0.05, 0) is 30.1 Å². The van der Waals surface area contributed by atoms with Crippen molar-refractivity contribution in [3.05, 3.63) is 35.9 Å². The fourth-order valence-electron chi connectivity index (χ4n) is 1.61. The van der Waals surface area contributed by atoms with Gasteiger partial charge in [0.1, 0.15) is 5.78 Å². The molecule has 0 atom stereocenters. The van der Waals surface area contributed by atoms with Crippen LogP contribution in [0.1, 0.15) is 32.3 Å². The van der Waals surface area contributed by atoms with Crippen LogP contribution in [0.5, 0.6) is 0 Å². The molecule has 1 rings (SSSR count). The van der Waals surface area contributed by atoms with Crippen LogP contribution in [-0.4, -0.2) is 17.3 Å². The van der Waals surface area contributed by atoms with Crippen molar-refractivity contribution in [2.24, 2.45) is 5.92 Å². The number of carbonyl (C=O) groups is 1. The Kier molecular flexibility index (Phi) is 7.02. The first-order valence-electron chi connectivity index (χ1n) is 6.32. The second-order valence-corrected chi connectivity index (χ2v) is 5.82. The zero-order valence-corrected chi connectivity index (χ0v) is 11.6. The quantitative estimate of drug-likeness (QED) is 0.694. The Morgan fingerprint density at radius 2 is 1.94 bits per heavy atom. The zero-order chi connectivity index (χ0) is 12.5. The minimum absolute atomic E-state index is 0.395. The monoisotopic (exact) mass is 250 g/mol. The molecular weight excluding hydrogens is 228 g/mol. The average Bonchev–Trinajstić information content (AvgIpc) is 2.30. The van der Waals surface area contributed by atoms with E-state index in [2.05, 4.69) is 38.1 Å². The molecule has 1 aromatic rings. The van der Waals surface area contributed by atoms with Crippen molar-refractivity contribution < 1.29 is 4.79 Å². The van der Waals surface area contributed by atoms with E-state index in [-0.39, 0.29) is 0 Å². The molecule has 0 bridgehead atoms. The molecule has 0 saturated carbocycles. The van der Waals surface area contributed by atoms with Gasteiger partial charge in [0.25, 0.3) is 0 Å². The molecule has 2 heteroatoms. The molecule has 0 saturated heterocycles. The lowest BCUT2D eigenvalue weighted by molar-refractivity contribution is -0.116. The van der Waals surface area contributed by atoms with Gasteiger partial charge < -0.3 is 0 Å². The molecule has 0 aliphatic heterocycles. The van der Waals surface area contributed by atoms with Crippen molar-refractivity contribution in [3.63, 3.8) is 0 Å². The third kappa shape index (κ3) is 7.22. The predicted molar refractivity (Wildman–Crippen MR) is 76.6 cm³/mol. The Hall–Kier alpha value is -0.760. The van der Waals surface area contributed by atoms with Crippen molar-refractivity contribution in [1.82, 2.24) is 0 Å². The van der Waals surface area contributed by atoms with Gasteiger partial charge in [-0.3, -0.25) is 4.79 Å². The topological polar surface area (TPSA) is 17.1 Å². The Morgan fingerprint density at radius 1 is 1.24 bits per heavy atom. The minimum atomic E-state index is 0.395. The molecule has 0 spiro atoms. The lowest BCUT2D eigenvalue weighted by Crippen LogP contribution is -2.04. The maximum Gasteiger partial charge on any atom is 0.142 e. The molecule has 0 fully saturated rings. The van der Waals surface area contributed by atoms with Gasteiger partial charge in [-0.2, -0.15) is 11.8 Å². The standard InChI is InChI=1S/C15H22OS/c1-13(2)11-17-12-15(16)10-6-9-14-7-4-3-5-8-14/h3-5,7-8,13H,6,9-12H2,1-2H3. The first kappa shape index (κ1) is 14.3. The van der Waals surface area contributed by atoms with Crippen LogP contribution in [0.4, 0.5) is 0 Å². The molecule has 1 aromatic carbocycles. The summed E-state index contributed by atoms with van der Waals surface area (Å²) >= 11 is 1.77. The van der Waals surface area contributed by atoms with E-state index in [0.717, 1.165) is 25.0 Å². The summed E-state index contributed by atoms with van der Waals surface area (Å²) in [6, 6.07) is 10.4. The number of benzene rings is 1. The second-order valence-electron chi connectivity index (χ2n) is 4.79. The number of hydrogen-bond donors (Lipinski definition) is 0. The van der Waals surface area contributed by atoms with Crippen LogP contribution in [-0.2, 0) is 11.2 Å². The van der Waals surface area contributed by atoms with E-state index in [1.165, 1.54) is 5.56 Å². The summed E-state index contributed by atoms with van der Waals surface area (Å²) < 4.78 is 0. The van der Waals surface area contributed by atoms with Crippen LogP contribution in [0.2, 0.25) is 0 Å². The van der Waals surface area contributed by atoms with Gasteiger partial charge in [0.2, 0.25) is 0 Å². The van der Waals surface area contributed by atoms with Crippen molar-refractivity contribution in [2.75, 3.05) is 11.5 Å². The van der Waals surface area contributed by atoms with E-state index in [4.69, 9.17) is 0 Å². The van der Waals surface area contributed by atoms with E-state index in [1.54, 1.807) is 11.8 Å². The van der Waals surface area contributed by atoms with Gasteiger partial charge >= 0.3 is 0 Å². The highest BCUT2D eigenvalue weighted by Crippen LogP contribution is 2.10. The van der Waals surface area contributed by atoms with Gasteiger partial charge in [0, 0.05) is 6.42 Å². The fraction of sp³-hybridized carbons (Fsp3) is 0.533. The van der Waals surface area contributed by atoms with Gasteiger partial charge in [-0.25, -0.2) is 0 Å². The van der Waals surface area contributed by atoms with Gasteiger partial charge in [-0.1, -0.05) is 44.2 Å². The fourth-order valence-corrected chi connectivity index (χ4v) is 2.58. The van der Waals surface area contributed by atoms with Crippen LogP contribution in [0.25, 0.3) is 0 Å². The van der Waals surface area contributed by atoms with Gasteiger partial charge in [-0.15, -0.1) is 0 Å². The zero-order valence-electron chi connectivity index (χ0n) is 10.8. The molecule has 0 amide bonds. The number of rotatable bonds is 8. The summed E-state index contributed by atoms with van der Waals surface area (Å²) in [5, 5.41) is 0. The third-order valence-electron chi connectivity index (χ3n) is 2.48. The number of hydrogen-bond acceptors (Lipinski definition) is 2. The highest BCUT2D eigenvalue weighted by molar-refractivity contribution is 7.99. The van der Waals surface area contributed by atoms with Crippen LogP contribution < -0.4 is 0 Å². The van der Waals surface area contributed by atoms with Crippen LogP contribution in [0.15, 0.2) is 30.3 Å². The first-order chi connectivity index (χ1) is 8.18. The lowest BCUT2D eigenvalue weighted by atomic mass is 10.1. The molecular formula is C15H22OS. The summed E-state index contributed by atoms with van der Waals surface area (Å²) in [6.45, 7) is 4.37. The molecule has 0 aliphatic rings. The maximum absolute atomic E-state index is 11.6. The molecule has 0 aromatic heterocycles. The summed E-state index contributed by atoms with van der Waals surface area (Å²) in [6.07, 6.45) is 2.71. The molecule has 0 radical (unpaired) electrons. The number of ketones is 1. The SMILES string of the molecule is CC(C)CSCC(=O)CCCc1ccccc1. The van der Waals surface area contributed by atoms with Gasteiger partial charge in [0.15, 0.2) is 0 Å². The summed E-state index contributed by atoms with van der Waals surface area (Å²) in [4.78, 5) is 11.6. The summed E-state index contributed by atoms with van der Waals surface area (Å²) in [5.74, 6) is 2.85. The Balaban J connectivity index is 2.08. The number of aryl methyl sites for hydroxylation is 1. The number of Topliss-reactive ketones (excluding diaryl/α,β-unsaturated/α-hetero) is 1. The predicted octanol–water partition coefficient (Wildman–Crippen LogP) is 3.97. The third-order valence-corrected chi connectivity index (χ3v) is 3.91. The maximum atomic E-state index is 11.6. The molecule has 0 unspecified atom stereocenters. The number of carbonyl (C=O) groups excluding carboxylic acids is 1. The van der Waals surface area contributed by atoms with Crippen molar-refractivity contribution >= 4 is 17.5 Å². The second kappa shape index (κ2) is 8.35. The summed E-state index contributed by atoms with van der Waals surface area (Å²) in [7, 11) is 0. The first-order valence-corrected chi connectivity index (χ1v) is 7.47. The molecule has 1 nitrogen and oxygen atoms in total. The molecule has 0 heterocycles. The Labute approximate surface area is 109 Å². The van der Waals surface area contributed by atoms with Gasteiger partial charge in [0.05, 0.1) is 5.75 Å². The van der Waals surface area contributed by atoms with E-state index in [9.17, 15) is 4.79 Å². The number of thioether (sulfide) groups is 1. The Morgan fingerprint density at radius 3 is 2.59 bits per heavy atom. The van der Waals surface area contributed by atoms with E-state index >= 15 is 0 Å². The highest BCUT2D eigenvalue weighted by Gasteiger charge is 2.03. The van der Waals surface area contributed by atoms with E-state index in [0.29, 0.717) is 17.5 Å². The normalized spacial score (nSPS) is 10.8. The lowest BCUT2D eigenvalue weighted by Gasteiger charge is -2.04. The molecule has 0 aliphatic carbocycles. The smallest absolute Gasteiger partial charge is 0.142 e. The molecule has 17 heavy (non-hydrogen) atoms. The highest BCUT2D eigenvalue weighted by atomic mass is 32.2. The van der Waals surface area contributed by atoms with Crippen LogP contribution >= 0.6 is 11.8 Å². The van der Waals surface area contributed by atoms with Crippen LogP contribution in [0, 0.1) is 5.92 Å².